The van der Waals surface area contributed by atoms with Crippen LogP contribution < -0.4 is 10.6 Å². The van der Waals surface area contributed by atoms with Crippen molar-refractivity contribution in [3.8, 4) is 0 Å². The standard InChI is InChI=1S/C18H34F3N5O2S.HI/c1-14-4-8-25(9-5-14)15(2)12-23-17(22-3)24-13-16-6-10-26(11-7-16)29(27,28)18(19,20)21;/h14-16H,4-13H2,1-3H3,(H2,22,23,24);1H. The van der Waals surface area contributed by atoms with Crippen LogP contribution in [0.25, 0.3) is 0 Å². The predicted octanol–water partition coefficient (Wildman–Crippen LogP) is 2.45. The van der Waals surface area contributed by atoms with Gasteiger partial charge in [-0.25, -0.2) is 8.42 Å². The topological polar surface area (TPSA) is 77.0 Å². The highest BCUT2D eigenvalue weighted by Gasteiger charge is 2.50. The second kappa shape index (κ2) is 12.0. The summed E-state index contributed by atoms with van der Waals surface area (Å²) in [5.74, 6) is 1.56. The number of hydrogen-bond donors (Lipinski definition) is 2. The number of rotatable bonds is 6. The van der Waals surface area contributed by atoms with Crippen LogP contribution in [-0.4, -0.2) is 81.4 Å². The van der Waals surface area contributed by atoms with Crippen molar-refractivity contribution >= 4 is 40.0 Å². The van der Waals surface area contributed by atoms with Crippen LogP contribution in [0.2, 0.25) is 0 Å². The van der Waals surface area contributed by atoms with Crippen LogP contribution in [0.1, 0.15) is 39.5 Å². The molecule has 0 aliphatic carbocycles. The van der Waals surface area contributed by atoms with Gasteiger partial charge in [-0.3, -0.25) is 9.89 Å². The first-order valence-electron chi connectivity index (χ1n) is 10.3. The van der Waals surface area contributed by atoms with Crippen LogP contribution in [0.4, 0.5) is 13.2 Å². The monoisotopic (exact) mass is 569 g/mol. The maximum Gasteiger partial charge on any atom is 0.511 e. The Bertz CT molecular complexity index is 647. The molecule has 2 aliphatic heterocycles. The molecule has 1 unspecified atom stereocenters. The molecule has 0 spiro atoms. The largest absolute Gasteiger partial charge is 0.511 e. The molecular weight excluding hydrogens is 534 g/mol. The Morgan fingerprint density at radius 1 is 1.10 bits per heavy atom. The molecule has 2 rings (SSSR count). The van der Waals surface area contributed by atoms with Gasteiger partial charge < -0.3 is 10.6 Å². The van der Waals surface area contributed by atoms with Crippen LogP contribution in [0.5, 0.6) is 0 Å². The number of halogens is 4. The number of guanidine groups is 1. The van der Waals surface area contributed by atoms with Crippen LogP contribution >= 0.6 is 24.0 Å². The van der Waals surface area contributed by atoms with Crippen molar-refractivity contribution in [1.82, 2.24) is 19.8 Å². The summed E-state index contributed by atoms with van der Waals surface area (Å²) in [6.45, 7) is 7.79. The summed E-state index contributed by atoms with van der Waals surface area (Å²) in [7, 11) is -3.54. The number of aliphatic imine (C=N–C) groups is 1. The van der Waals surface area contributed by atoms with E-state index in [-0.39, 0.29) is 43.0 Å². The molecule has 0 radical (unpaired) electrons. The lowest BCUT2D eigenvalue weighted by atomic mass is 9.98. The van der Waals surface area contributed by atoms with Gasteiger partial charge >= 0.3 is 15.5 Å². The van der Waals surface area contributed by atoms with Gasteiger partial charge in [0.05, 0.1) is 0 Å². The van der Waals surface area contributed by atoms with Crippen molar-refractivity contribution in [3.63, 3.8) is 0 Å². The van der Waals surface area contributed by atoms with Gasteiger partial charge in [0.2, 0.25) is 0 Å². The van der Waals surface area contributed by atoms with E-state index in [1.165, 1.54) is 12.8 Å². The molecule has 2 fully saturated rings. The highest BCUT2D eigenvalue weighted by atomic mass is 127. The summed E-state index contributed by atoms with van der Waals surface area (Å²) in [4.78, 5) is 6.68. The normalized spacial score (nSPS) is 22.4. The van der Waals surface area contributed by atoms with E-state index in [4.69, 9.17) is 0 Å². The zero-order valence-electron chi connectivity index (χ0n) is 17.9. The first kappa shape index (κ1) is 27.7. The lowest BCUT2D eigenvalue weighted by molar-refractivity contribution is -0.0496. The van der Waals surface area contributed by atoms with E-state index in [0.717, 1.165) is 25.6 Å². The molecule has 0 bridgehead atoms. The van der Waals surface area contributed by atoms with Crippen molar-refractivity contribution in [2.45, 2.75) is 51.1 Å². The maximum atomic E-state index is 12.6. The summed E-state index contributed by atoms with van der Waals surface area (Å²) in [6, 6.07) is 0.386. The fraction of sp³-hybridized carbons (Fsp3) is 0.944. The average molecular weight is 569 g/mol. The third kappa shape index (κ3) is 7.66. The molecule has 2 heterocycles. The Hall–Kier alpha value is -0.340. The first-order valence-corrected chi connectivity index (χ1v) is 11.7. The number of sulfonamides is 1. The lowest BCUT2D eigenvalue weighted by Crippen LogP contribution is -2.49. The Morgan fingerprint density at radius 2 is 1.67 bits per heavy atom. The van der Waals surface area contributed by atoms with Gasteiger partial charge in [-0.15, -0.1) is 24.0 Å². The fourth-order valence-corrected chi connectivity index (χ4v) is 4.79. The quantitative estimate of drug-likeness (QED) is 0.292. The second-order valence-electron chi connectivity index (χ2n) is 8.19. The van der Waals surface area contributed by atoms with Gasteiger partial charge in [0.15, 0.2) is 5.96 Å². The molecule has 7 nitrogen and oxygen atoms in total. The molecule has 2 aliphatic rings. The average Bonchev–Trinajstić information content (AvgIpc) is 2.68. The summed E-state index contributed by atoms with van der Waals surface area (Å²) in [5, 5.41) is 6.53. The summed E-state index contributed by atoms with van der Waals surface area (Å²) in [6.07, 6.45) is 3.23. The van der Waals surface area contributed by atoms with E-state index in [1.54, 1.807) is 7.05 Å². The number of alkyl halides is 3. The van der Waals surface area contributed by atoms with Gasteiger partial charge in [-0.1, -0.05) is 6.92 Å². The zero-order valence-corrected chi connectivity index (χ0v) is 21.1. The highest BCUT2D eigenvalue weighted by molar-refractivity contribution is 14.0. The third-order valence-corrected chi connectivity index (χ3v) is 7.62. The second-order valence-corrected chi connectivity index (χ2v) is 10.1. The highest BCUT2D eigenvalue weighted by Crippen LogP contribution is 2.30. The van der Waals surface area contributed by atoms with Crippen LogP contribution in [-0.2, 0) is 10.0 Å². The van der Waals surface area contributed by atoms with Crippen molar-refractivity contribution in [3.05, 3.63) is 0 Å². The van der Waals surface area contributed by atoms with Crippen LogP contribution in [0.3, 0.4) is 0 Å². The Morgan fingerprint density at radius 3 is 2.17 bits per heavy atom. The van der Waals surface area contributed by atoms with Crippen molar-refractivity contribution < 1.29 is 21.6 Å². The lowest BCUT2D eigenvalue weighted by Gasteiger charge is -2.35. The molecule has 30 heavy (non-hydrogen) atoms. The van der Waals surface area contributed by atoms with E-state index >= 15 is 0 Å². The van der Waals surface area contributed by atoms with Crippen molar-refractivity contribution in [2.75, 3.05) is 46.3 Å². The van der Waals surface area contributed by atoms with E-state index in [1.807, 2.05) is 0 Å². The molecule has 2 saturated heterocycles. The Labute approximate surface area is 195 Å². The molecule has 0 aromatic rings. The first-order chi connectivity index (χ1) is 13.5. The molecule has 0 aromatic carbocycles. The minimum Gasteiger partial charge on any atom is -0.356 e. The molecule has 178 valence electrons. The minimum atomic E-state index is -5.23. The fourth-order valence-electron chi connectivity index (χ4n) is 3.80. The number of piperidine rings is 2. The van der Waals surface area contributed by atoms with Gasteiger partial charge in [0, 0.05) is 39.3 Å². The summed E-state index contributed by atoms with van der Waals surface area (Å²) < 4.78 is 61.4. The molecule has 0 aromatic heterocycles. The number of hydrogen-bond acceptors (Lipinski definition) is 4. The summed E-state index contributed by atoms with van der Waals surface area (Å²) >= 11 is 0. The Kier molecular flexibility index (Phi) is 11.1. The molecular formula is C18H35F3IN5O2S. The molecule has 2 N–H and O–H groups in total. The zero-order chi connectivity index (χ0) is 21.7. The van der Waals surface area contributed by atoms with Gasteiger partial charge in [-0.2, -0.15) is 17.5 Å². The number of likely N-dealkylation sites (tertiary alicyclic amines) is 1. The van der Waals surface area contributed by atoms with Gasteiger partial charge in [0.1, 0.15) is 0 Å². The van der Waals surface area contributed by atoms with Crippen LogP contribution in [0, 0.1) is 11.8 Å². The third-order valence-electron chi connectivity index (χ3n) is 5.99. The SMILES string of the molecule is CN=C(NCC1CCN(S(=O)(=O)C(F)(F)F)CC1)NCC(C)N1CCC(C)CC1.I. The summed E-state index contributed by atoms with van der Waals surface area (Å²) in [5.41, 5.74) is -5.23. The van der Waals surface area contributed by atoms with Crippen LogP contribution in [0.15, 0.2) is 4.99 Å². The maximum absolute atomic E-state index is 12.6. The number of nitrogens with zero attached hydrogens (tertiary/aromatic N) is 3. The number of nitrogens with one attached hydrogen (secondary N) is 2. The van der Waals surface area contributed by atoms with E-state index in [9.17, 15) is 21.6 Å². The Balaban J connectivity index is 0.00000450. The molecule has 12 heteroatoms. The predicted molar refractivity (Wildman–Crippen MR) is 123 cm³/mol. The van der Waals surface area contributed by atoms with Crippen molar-refractivity contribution in [2.24, 2.45) is 16.8 Å². The minimum absolute atomic E-state index is 0. The molecule has 0 amide bonds. The van der Waals surface area contributed by atoms with E-state index < -0.39 is 15.5 Å². The van der Waals surface area contributed by atoms with E-state index in [0.29, 0.717) is 35.7 Å². The molecule has 1 atom stereocenters. The van der Waals surface area contributed by atoms with Gasteiger partial charge in [0.25, 0.3) is 0 Å². The van der Waals surface area contributed by atoms with E-state index in [2.05, 4.69) is 34.4 Å². The van der Waals surface area contributed by atoms with Gasteiger partial charge in [-0.05, 0) is 57.5 Å². The molecule has 0 saturated carbocycles. The smallest absolute Gasteiger partial charge is 0.356 e. The van der Waals surface area contributed by atoms with Crippen molar-refractivity contribution in [1.29, 1.82) is 0 Å².